The predicted molar refractivity (Wildman–Crippen MR) is 88.0 cm³/mol. The topological polar surface area (TPSA) is 58.8 Å². The van der Waals surface area contributed by atoms with Crippen LogP contribution in [-0.2, 0) is 6.54 Å². The van der Waals surface area contributed by atoms with E-state index in [0.717, 1.165) is 31.1 Å². The minimum absolute atomic E-state index is 0.255. The fourth-order valence-corrected chi connectivity index (χ4v) is 1.96. The summed E-state index contributed by atoms with van der Waals surface area (Å²) in [5.74, 6) is 2.03. The fraction of sp³-hybridized carbons (Fsp3) is 0.353. The first kappa shape index (κ1) is 16.9. The number of aliphatic imine (C=N–C) groups is 1. The molecule has 0 aliphatic carbocycles. The van der Waals surface area contributed by atoms with Gasteiger partial charge < -0.3 is 19.8 Å². The van der Waals surface area contributed by atoms with Gasteiger partial charge in [0.2, 0.25) is 0 Å². The van der Waals surface area contributed by atoms with Crippen LogP contribution < -0.4 is 15.4 Å². The van der Waals surface area contributed by atoms with Crippen LogP contribution in [0.4, 0.5) is 4.39 Å². The van der Waals surface area contributed by atoms with Crippen LogP contribution in [0.1, 0.15) is 18.6 Å². The lowest BCUT2D eigenvalue weighted by Gasteiger charge is -2.11. The fourth-order valence-electron chi connectivity index (χ4n) is 1.96. The van der Waals surface area contributed by atoms with Crippen molar-refractivity contribution in [2.75, 3.05) is 20.2 Å². The summed E-state index contributed by atoms with van der Waals surface area (Å²) in [4.78, 5) is 4.15. The third-order valence-electron chi connectivity index (χ3n) is 3.18. The molecule has 1 aromatic heterocycles. The van der Waals surface area contributed by atoms with E-state index < -0.39 is 0 Å². The second kappa shape index (κ2) is 9.50. The van der Waals surface area contributed by atoms with Crippen LogP contribution >= 0.6 is 0 Å². The molecule has 0 amide bonds. The van der Waals surface area contributed by atoms with Gasteiger partial charge in [0.05, 0.1) is 19.4 Å². The van der Waals surface area contributed by atoms with Crippen LogP contribution in [0.5, 0.6) is 5.75 Å². The van der Waals surface area contributed by atoms with Gasteiger partial charge >= 0.3 is 0 Å². The Hall–Kier alpha value is -2.50. The first-order valence-electron chi connectivity index (χ1n) is 7.63. The lowest BCUT2D eigenvalue weighted by Crippen LogP contribution is -2.37. The number of rotatable bonds is 8. The molecule has 0 unspecified atom stereocenters. The van der Waals surface area contributed by atoms with E-state index in [4.69, 9.17) is 9.15 Å². The van der Waals surface area contributed by atoms with E-state index in [1.165, 1.54) is 12.1 Å². The zero-order valence-corrected chi connectivity index (χ0v) is 13.2. The summed E-state index contributed by atoms with van der Waals surface area (Å²) in [6.07, 6.45) is 3.50. The number of unbranched alkanes of at least 4 members (excludes halogenated alkanes) is 1. The standard InChI is InChI=1S/C17H22FN3O2/c1-19-17(21-13-16-5-4-12-23-16)20-10-2-3-11-22-15-8-6-14(18)7-9-15/h4-9,12H,2-3,10-11,13H2,1H3,(H2,19,20,21). The Labute approximate surface area is 135 Å². The number of ether oxygens (including phenoxy) is 1. The molecule has 1 aromatic carbocycles. The monoisotopic (exact) mass is 319 g/mol. The van der Waals surface area contributed by atoms with Crippen LogP contribution in [0.25, 0.3) is 0 Å². The Bertz CT molecular complexity index is 582. The number of benzene rings is 1. The average Bonchev–Trinajstić information content (AvgIpc) is 3.08. The number of nitrogens with one attached hydrogen (secondary N) is 2. The lowest BCUT2D eigenvalue weighted by atomic mass is 10.3. The molecule has 124 valence electrons. The van der Waals surface area contributed by atoms with E-state index in [1.807, 2.05) is 12.1 Å². The molecule has 2 aromatic rings. The van der Waals surface area contributed by atoms with Gasteiger partial charge in [-0.1, -0.05) is 0 Å². The van der Waals surface area contributed by atoms with Crippen molar-refractivity contribution in [1.82, 2.24) is 10.6 Å². The molecule has 0 aliphatic rings. The van der Waals surface area contributed by atoms with Gasteiger partial charge in [0.25, 0.3) is 0 Å². The molecule has 2 rings (SSSR count). The molecule has 2 N–H and O–H groups in total. The first-order valence-corrected chi connectivity index (χ1v) is 7.63. The summed E-state index contributed by atoms with van der Waals surface area (Å²) in [7, 11) is 1.73. The maximum atomic E-state index is 12.8. The molecule has 0 fully saturated rings. The normalized spacial score (nSPS) is 11.3. The van der Waals surface area contributed by atoms with Crippen molar-refractivity contribution in [2.24, 2.45) is 4.99 Å². The number of guanidine groups is 1. The summed E-state index contributed by atoms with van der Waals surface area (Å²) in [5, 5.41) is 6.40. The van der Waals surface area contributed by atoms with Gasteiger partial charge in [0.1, 0.15) is 17.3 Å². The SMILES string of the molecule is CN=C(NCCCCOc1ccc(F)cc1)NCc1ccco1. The highest BCUT2D eigenvalue weighted by Crippen LogP contribution is 2.11. The van der Waals surface area contributed by atoms with Crippen LogP contribution in [-0.4, -0.2) is 26.2 Å². The highest BCUT2D eigenvalue weighted by Gasteiger charge is 2.00. The molecular weight excluding hydrogens is 297 g/mol. The Morgan fingerprint density at radius 3 is 2.70 bits per heavy atom. The largest absolute Gasteiger partial charge is 0.494 e. The van der Waals surface area contributed by atoms with Crippen LogP contribution in [0, 0.1) is 5.82 Å². The van der Waals surface area contributed by atoms with Crippen molar-refractivity contribution in [2.45, 2.75) is 19.4 Å². The number of furan rings is 1. The molecule has 1 heterocycles. The smallest absolute Gasteiger partial charge is 0.191 e. The molecule has 6 heteroatoms. The summed E-state index contributed by atoms with van der Waals surface area (Å²) >= 11 is 0. The average molecular weight is 319 g/mol. The molecular formula is C17H22FN3O2. The summed E-state index contributed by atoms with van der Waals surface area (Å²) in [5.41, 5.74) is 0. The Kier molecular flexibility index (Phi) is 6.97. The van der Waals surface area contributed by atoms with Gasteiger partial charge in [-0.05, 0) is 49.2 Å². The summed E-state index contributed by atoms with van der Waals surface area (Å²) < 4.78 is 23.5. The number of hydrogen-bond acceptors (Lipinski definition) is 3. The number of hydrogen-bond donors (Lipinski definition) is 2. The zero-order chi connectivity index (χ0) is 16.3. The van der Waals surface area contributed by atoms with Crippen molar-refractivity contribution >= 4 is 5.96 Å². The van der Waals surface area contributed by atoms with Gasteiger partial charge in [0.15, 0.2) is 5.96 Å². The molecule has 0 saturated carbocycles. The number of nitrogens with zero attached hydrogens (tertiary/aromatic N) is 1. The van der Waals surface area contributed by atoms with Gasteiger partial charge in [-0.25, -0.2) is 4.39 Å². The lowest BCUT2D eigenvalue weighted by molar-refractivity contribution is 0.306. The van der Waals surface area contributed by atoms with E-state index >= 15 is 0 Å². The number of halogens is 1. The van der Waals surface area contributed by atoms with E-state index in [1.54, 1.807) is 25.4 Å². The quantitative estimate of drug-likeness (QED) is 0.446. The molecule has 0 atom stereocenters. The molecule has 0 radical (unpaired) electrons. The van der Waals surface area contributed by atoms with E-state index in [0.29, 0.717) is 18.9 Å². The van der Waals surface area contributed by atoms with E-state index in [-0.39, 0.29) is 5.82 Å². The maximum Gasteiger partial charge on any atom is 0.191 e. The van der Waals surface area contributed by atoms with Gasteiger partial charge in [-0.15, -0.1) is 0 Å². The Balaban J connectivity index is 1.54. The summed E-state index contributed by atoms with van der Waals surface area (Å²) in [6.45, 7) is 2.00. The second-order valence-electron chi connectivity index (χ2n) is 4.94. The second-order valence-corrected chi connectivity index (χ2v) is 4.94. The zero-order valence-electron chi connectivity index (χ0n) is 13.2. The molecule has 0 saturated heterocycles. The highest BCUT2D eigenvalue weighted by molar-refractivity contribution is 5.79. The maximum absolute atomic E-state index is 12.8. The highest BCUT2D eigenvalue weighted by atomic mass is 19.1. The Morgan fingerprint density at radius 2 is 2.00 bits per heavy atom. The molecule has 23 heavy (non-hydrogen) atoms. The molecule has 0 bridgehead atoms. The van der Waals surface area contributed by atoms with Crippen molar-refractivity contribution in [3.8, 4) is 5.75 Å². The molecule has 0 aliphatic heterocycles. The van der Waals surface area contributed by atoms with Crippen LogP contribution in [0.3, 0.4) is 0 Å². The van der Waals surface area contributed by atoms with E-state index in [2.05, 4.69) is 15.6 Å². The Morgan fingerprint density at radius 1 is 1.17 bits per heavy atom. The first-order chi connectivity index (χ1) is 11.3. The van der Waals surface area contributed by atoms with Crippen molar-refractivity contribution in [3.05, 3.63) is 54.2 Å². The minimum Gasteiger partial charge on any atom is -0.494 e. The van der Waals surface area contributed by atoms with Gasteiger partial charge in [-0.3, -0.25) is 4.99 Å². The molecule has 5 nitrogen and oxygen atoms in total. The van der Waals surface area contributed by atoms with Crippen LogP contribution in [0.15, 0.2) is 52.1 Å². The van der Waals surface area contributed by atoms with Crippen molar-refractivity contribution < 1.29 is 13.5 Å². The minimum atomic E-state index is -0.255. The predicted octanol–water partition coefficient (Wildman–Crippen LogP) is 2.94. The van der Waals surface area contributed by atoms with Gasteiger partial charge in [0, 0.05) is 13.6 Å². The van der Waals surface area contributed by atoms with Crippen molar-refractivity contribution in [3.63, 3.8) is 0 Å². The van der Waals surface area contributed by atoms with E-state index in [9.17, 15) is 4.39 Å². The van der Waals surface area contributed by atoms with Crippen molar-refractivity contribution in [1.29, 1.82) is 0 Å². The van der Waals surface area contributed by atoms with Gasteiger partial charge in [-0.2, -0.15) is 0 Å². The third kappa shape index (κ3) is 6.42. The molecule has 0 spiro atoms. The summed E-state index contributed by atoms with van der Waals surface area (Å²) in [6, 6.07) is 9.82. The third-order valence-corrected chi connectivity index (χ3v) is 3.18. The van der Waals surface area contributed by atoms with Crippen LogP contribution in [0.2, 0.25) is 0 Å².